The fraction of sp³-hybridized carbons (Fsp3) is 0.474. The number of aliphatic hydroxyl groups excluding tert-OH is 2. The Balaban J connectivity index is 2.68. The number of ether oxygens (including phenoxy) is 3. The smallest absolute Gasteiger partial charge is 0.341 e. The molecular weight excluding hydrogens is 356 g/mol. The number of aryl methyl sites for hydroxylation is 1. The molecule has 0 aromatic heterocycles. The number of ketones is 1. The van der Waals surface area contributed by atoms with Crippen molar-refractivity contribution >= 4 is 11.8 Å². The number of methoxy groups -OCH3 is 2. The van der Waals surface area contributed by atoms with Crippen molar-refractivity contribution in [2.75, 3.05) is 14.2 Å². The highest BCUT2D eigenvalue weighted by molar-refractivity contribution is 6.02. The summed E-state index contributed by atoms with van der Waals surface area (Å²) in [4.78, 5) is 25.0. The topological polar surface area (TPSA) is 123 Å². The van der Waals surface area contributed by atoms with E-state index in [9.17, 15) is 24.9 Å². The van der Waals surface area contributed by atoms with E-state index in [0.717, 1.165) is 0 Å². The Morgan fingerprint density at radius 3 is 2.30 bits per heavy atom. The molecule has 8 heteroatoms. The highest BCUT2D eigenvalue weighted by atomic mass is 16.6. The SMILES string of the molecule is COC(=O)c1c(C)cc(O)c(C)c1O[C@H]1C(=O)C(C)=C(O)[C@H](O)[C@]1(C)OC. The van der Waals surface area contributed by atoms with Crippen LogP contribution in [-0.2, 0) is 14.3 Å². The lowest BCUT2D eigenvalue weighted by molar-refractivity contribution is -0.165. The molecule has 0 spiro atoms. The summed E-state index contributed by atoms with van der Waals surface area (Å²) >= 11 is 0. The molecule has 1 aromatic carbocycles. The molecule has 0 radical (unpaired) electrons. The number of Topliss-reactive ketones (excluding diaryl/α,β-unsaturated/α-hetero) is 1. The molecule has 1 aliphatic rings. The minimum Gasteiger partial charge on any atom is -0.509 e. The van der Waals surface area contributed by atoms with Crippen LogP contribution in [0.2, 0.25) is 0 Å². The van der Waals surface area contributed by atoms with Gasteiger partial charge in [-0.15, -0.1) is 0 Å². The van der Waals surface area contributed by atoms with Gasteiger partial charge in [-0.3, -0.25) is 4.79 Å². The standard InChI is InChI=1S/C19H24O8/c1-8-7-11(20)9(2)15(12(8)18(24)25-5)27-17-14(22)10(3)13(21)16(23)19(17,4)26-6/h7,16-17,20-21,23H,1-6H3/t16-,17-,19-/m0/s1. The molecule has 148 valence electrons. The summed E-state index contributed by atoms with van der Waals surface area (Å²) in [5, 5.41) is 30.6. The van der Waals surface area contributed by atoms with Crippen LogP contribution in [0.25, 0.3) is 0 Å². The first-order valence-corrected chi connectivity index (χ1v) is 8.26. The van der Waals surface area contributed by atoms with Crippen molar-refractivity contribution in [3.63, 3.8) is 0 Å². The van der Waals surface area contributed by atoms with Crippen molar-refractivity contribution in [3.8, 4) is 11.5 Å². The Morgan fingerprint density at radius 1 is 1.19 bits per heavy atom. The molecule has 0 amide bonds. The van der Waals surface area contributed by atoms with Crippen molar-refractivity contribution in [1.29, 1.82) is 0 Å². The first kappa shape index (κ1) is 20.7. The fourth-order valence-electron chi connectivity index (χ4n) is 3.08. The molecule has 1 aromatic rings. The Morgan fingerprint density at radius 2 is 1.78 bits per heavy atom. The summed E-state index contributed by atoms with van der Waals surface area (Å²) in [6, 6.07) is 1.39. The highest BCUT2D eigenvalue weighted by Gasteiger charge is 2.54. The van der Waals surface area contributed by atoms with Crippen molar-refractivity contribution in [2.45, 2.75) is 45.5 Å². The number of phenolic OH excluding ortho intramolecular Hbond substituents is 1. The van der Waals surface area contributed by atoms with E-state index in [1.807, 2.05) is 0 Å². The van der Waals surface area contributed by atoms with Gasteiger partial charge >= 0.3 is 5.97 Å². The van der Waals surface area contributed by atoms with E-state index in [1.165, 1.54) is 41.1 Å². The highest BCUT2D eigenvalue weighted by Crippen LogP contribution is 2.40. The lowest BCUT2D eigenvalue weighted by atomic mass is 9.79. The van der Waals surface area contributed by atoms with Crippen LogP contribution in [0.15, 0.2) is 17.4 Å². The number of aromatic hydroxyl groups is 1. The van der Waals surface area contributed by atoms with Crippen LogP contribution in [-0.4, -0.2) is 59.1 Å². The van der Waals surface area contributed by atoms with Gasteiger partial charge in [0.25, 0.3) is 0 Å². The predicted octanol–water partition coefficient (Wildman–Crippen LogP) is 1.72. The number of benzene rings is 1. The zero-order valence-electron chi connectivity index (χ0n) is 16.1. The van der Waals surface area contributed by atoms with Crippen LogP contribution in [0.3, 0.4) is 0 Å². The molecular formula is C19H24O8. The van der Waals surface area contributed by atoms with Gasteiger partial charge in [0.05, 0.1) is 7.11 Å². The number of hydrogen-bond donors (Lipinski definition) is 3. The Hall–Kier alpha value is -2.58. The number of esters is 1. The second-order valence-corrected chi connectivity index (χ2v) is 6.70. The van der Waals surface area contributed by atoms with Gasteiger partial charge in [-0.05, 0) is 39.3 Å². The Labute approximate surface area is 157 Å². The first-order valence-electron chi connectivity index (χ1n) is 8.26. The van der Waals surface area contributed by atoms with E-state index < -0.39 is 35.3 Å². The number of hydrogen-bond acceptors (Lipinski definition) is 8. The molecule has 0 bridgehead atoms. The van der Waals surface area contributed by atoms with E-state index >= 15 is 0 Å². The second kappa shape index (κ2) is 7.21. The van der Waals surface area contributed by atoms with Crippen molar-refractivity contribution in [1.82, 2.24) is 0 Å². The molecule has 0 heterocycles. The molecule has 2 rings (SSSR count). The Kier molecular flexibility index (Phi) is 5.53. The third kappa shape index (κ3) is 3.15. The summed E-state index contributed by atoms with van der Waals surface area (Å²) in [6.07, 6.45) is -2.90. The van der Waals surface area contributed by atoms with Crippen molar-refractivity contribution in [3.05, 3.63) is 34.1 Å². The Bertz CT molecular complexity index is 825. The lowest BCUT2D eigenvalue weighted by Crippen LogP contribution is -2.61. The maximum atomic E-state index is 12.8. The molecule has 0 saturated heterocycles. The van der Waals surface area contributed by atoms with Crippen LogP contribution >= 0.6 is 0 Å². The summed E-state index contributed by atoms with van der Waals surface area (Å²) in [5.74, 6) is -2.00. The zero-order chi connectivity index (χ0) is 20.7. The molecule has 3 atom stereocenters. The van der Waals surface area contributed by atoms with Gasteiger partial charge in [-0.1, -0.05) is 0 Å². The maximum absolute atomic E-state index is 12.8. The predicted molar refractivity (Wildman–Crippen MR) is 95.1 cm³/mol. The lowest BCUT2D eigenvalue weighted by Gasteiger charge is -2.42. The van der Waals surface area contributed by atoms with E-state index in [1.54, 1.807) is 6.92 Å². The van der Waals surface area contributed by atoms with Gasteiger partial charge in [0.15, 0.2) is 6.10 Å². The maximum Gasteiger partial charge on any atom is 0.341 e. The summed E-state index contributed by atoms with van der Waals surface area (Å²) in [5.41, 5.74) is -1.04. The van der Waals surface area contributed by atoms with E-state index in [0.29, 0.717) is 5.56 Å². The van der Waals surface area contributed by atoms with Crippen LogP contribution in [0.4, 0.5) is 0 Å². The van der Waals surface area contributed by atoms with Crippen LogP contribution in [0.5, 0.6) is 11.5 Å². The van der Waals surface area contributed by atoms with Crippen LogP contribution in [0.1, 0.15) is 35.3 Å². The van der Waals surface area contributed by atoms with Gasteiger partial charge in [-0.25, -0.2) is 4.79 Å². The summed E-state index contributed by atoms with van der Waals surface area (Å²) in [7, 11) is 2.47. The quantitative estimate of drug-likeness (QED) is 0.675. The minimum absolute atomic E-state index is 0.0463. The molecule has 0 fully saturated rings. The number of phenols is 1. The first-order chi connectivity index (χ1) is 12.5. The number of aliphatic hydroxyl groups is 2. The monoisotopic (exact) mass is 380 g/mol. The van der Waals surface area contributed by atoms with Crippen molar-refractivity contribution < 1.29 is 39.1 Å². The number of carbonyl (C=O) groups is 2. The van der Waals surface area contributed by atoms with Gasteiger partial charge in [0.2, 0.25) is 5.78 Å². The molecule has 0 unspecified atom stereocenters. The van der Waals surface area contributed by atoms with Crippen molar-refractivity contribution in [2.24, 2.45) is 0 Å². The minimum atomic E-state index is -1.63. The van der Waals surface area contributed by atoms with Gasteiger partial charge < -0.3 is 29.5 Å². The molecule has 1 aliphatic carbocycles. The van der Waals surface area contributed by atoms with Gasteiger partial charge in [0, 0.05) is 18.2 Å². The fourth-order valence-corrected chi connectivity index (χ4v) is 3.08. The molecule has 0 saturated carbocycles. The molecule has 27 heavy (non-hydrogen) atoms. The second-order valence-electron chi connectivity index (χ2n) is 6.70. The van der Waals surface area contributed by atoms with Gasteiger partial charge in [0.1, 0.15) is 34.5 Å². The van der Waals surface area contributed by atoms with E-state index in [-0.39, 0.29) is 28.2 Å². The zero-order valence-corrected chi connectivity index (χ0v) is 16.1. The number of rotatable bonds is 4. The van der Waals surface area contributed by atoms with Crippen LogP contribution in [0, 0.1) is 13.8 Å². The normalized spacial score (nSPS) is 25.5. The third-order valence-corrected chi connectivity index (χ3v) is 5.08. The van der Waals surface area contributed by atoms with E-state index in [2.05, 4.69) is 0 Å². The molecule has 8 nitrogen and oxygen atoms in total. The van der Waals surface area contributed by atoms with Gasteiger partial charge in [-0.2, -0.15) is 0 Å². The molecule has 0 aliphatic heterocycles. The third-order valence-electron chi connectivity index (χ3n) is 5.08. The molecule has 3 N–H and O–H groups in total. The van der Waals surface area contributed by atoms with E-state index in [4.69, 9.17) is 14.2 Å². The summed E-state index contributed by atoms with van der Waals surface area (Å²) < 4.78 is 16.0. The summed E-state index contributed by atoms with van der Waals surface area (Å²) in [6.45, 7) is 5.87. The average molecular weight is 380 g/mol. The van der Waals surface area contributed by atoms with Crippen LogP contribution < -0.4 is 4.74 Å². The number of carbonyl (C=O) groups excluding carboxylic acids is 2. The largest absolute Gasteiger partial charge is 0.509 e. The average Bonchev–Trinajstić information content (AvgIpc) is 2.65.